The molecule has 0 aliphatic carbocycles. The average Bonchev–Trinajstić information content (AvgIpc) is 2.55. The van der Waals surface area contributed by atoms with Crippen molar-refractivity contribution in [3.63, 3.8) is 0 Å². The van der Waals surface area contributed by atoms with E-state index >= 15 is 0 Å². The van der Waals surface area contributed by atoms with Crippen molar-refractivity contribution in [3.8, 4) is 0 Å². The molecule has 0 atom stereocenters. The number of rotatable bonds is 1. The third kappa shape index (κ3) is 0.920. The molecule has 1 aliphatic rings. The highest BCUT2D eigenvalue weighted by molar-refractivity contribution is 6.09. The standard InChI is InChI=1S/C7H6N3O/c1-5-6(4-11-10-5)7-2-3-8-9-7/h2-4H,1H3. The topological polar surface area (TPSA) is 52.5 Å². The highest BCUT2D eigenvalue weighted by Crippen LogP contribution is 2.09. The van der Waals surface area contributed by atoms with Gasteiger partial charge in [-0.05, 0) is 13.0 Å². The van der Waals surface area contributed by atoms with Crippen LogP contribution >= 0.6 is 0 Å². The lowest BCUT2D eigenvalue weighted by Gasteiger charge is -1.88. The second-order valence-electron chi connectivity index (χ2n) is 2.23. The molecule has 4 heteroatoms. The van der Waals surface area contributed by atoms with Gasteiger partial charge in [0.1, 0.15) is 6.26 Å². The van der Waals surface area contributed by atoms with Crippen LogP contribution < -0.4 is 5.43 Å². The van der Waals surface area contributed by atoms with Gasteiger partial charge < -0.3 is 4.52 Å². The quantitative estimate of drug-likeness (QED) is 0.592. The van der Waals surface area contributed by atoms with Crippen molar-refractivity contribution in [2.45, 2.75) is 6.92 Å². The Labute approximate surface area is 63.6 Å². The molecular formula is C7H6N3O. The third-order valence-corrected chi connectivity index (χ3v) is 1.49. The predicted octanol–water partition coefficient (Wildman–Crippen LogP) is 0.819. The van der Waals surface area contributed by atoms with Gasteiger partial charge in [-0.2, -0.15) is 10.5 Å². The van der Waals surface area contributed by atoms with E-state index in [0.29, 0.717) is 0 Å². The minimum absolute atomic E-state index is 0.809. The zero-order valence-electron chi connectivity index (χ0n) is 5.98. The Morgan fingerprint density at radius 2 is 2.36 bits per heavy atom. The number of hydrogen-bond acceptors (Lipinski definition) is 3. The molecule has 0 spiro atoms. The normalized spacial score (nSPS) is 14.8. The molecule has 1 aliphatic heterocycles. The minimum Gasteiger partial charge on any atom is -0.364 e. The summed E-state index contributed by atoms with van der Waals surface area (Å²) in [4.78, 5) is 0. The van der Waals surface area contributed by atoms with Gasteiger partial charge in [-0.3, -0.25) is 0 Å². The van der Waals surface area contributed by atoms with E-state index in [1.165, 1.54) is 0 Å². The molecule has 0 saturated carbocycles. The van der Waals surface area contributed by atoms with Crippen molar-refractivity contribution < 1.29 is 4.52 Å². The largest absolute Gasteiger partial charge is 0.364 e. The van der Waals surface area contributed by atoms with E-state index in [1.54, 1.807) is 12.5 Å². The van der Waals surface area contributed by atoms with E-state index in [-0.39, 0.29) is 0 Å². The van der Waals surface area contributed by atoms with Crippen molar-refractivity contribution in [1.29, 1.82) is 0 Å². The molecule has 4 nitrogen and oxygen atoms in total. The number of aryl methyl sites for hydroxylation is 1. The van der Waals surface area contributed by atoms with E-state index in [1.807, 2.05) is 13.0 Å². The molecule has 1 aromatic rings. The molecule has 55 valence electrons. The smallest absolute Gasteiger partial charge is 0.133 e. The Balaban J connectivity index is 2.43. The first-order chi connectivity index (χ1) is 5.38. The highest BCUT2D eigenvalue weighted by Gasteiger charge is 2.10. The van der Waals surface area contributed by atoms with Crippen LogP contribution in [-0.2, 0) is 0 Å². The summed E-state index contributed by atoms with van der Waals surface area (Å²) >= 11 is 0. The summed E-state index contributed by atoms with van der Waals surface area (Å²) in [6.45, 7) is 1.87. The lowest BCUT2D eigenvalue weighted by molar-refractivity contribution is 0.415. The maximum absolute atomic E-state index is 4.75. The Kier molecular flexibility index (Phi) is 1.25. The van der Waals surface area contributed by atoms with Gasteiger partial charge in [0, 0.05) is 0 Å². The number of hydrogen-bond donors (Lipinski definition) is 0. The number of nitrogens with zero attached hydrogens (tertiary/aromatic N) is 3. The minimum atomic E-state index is 0.809. The maximum Gasteiger partial charge on any atom is 0.133 e. The number of aromatic nitrogens is 1. The maximum atomic E-state index is 4.75. The zero-order chi connectivity index (χ0) is 7.68. The summed E-state index contributed by atoms with van der Waals surface area (Å²) < 4.78 is 4.75. The van der Waals surface area contributed by atoms with Gasteiger partial charge in [-0.1, -0.05) is 5.16 Å². The van der Waals surface area contributed by atoms with Gasteiger partial charge in [-0.25, -0.2) is 0 Å². The second-order valence-corrected chi connectivity index (χ2v) is 2.23. The molecule has 1 radical (unpaired) electrons. The van der Waals surface area contributed by atoms with Crippen molar-refractivity contribution in [2.75, 3.05) is 0 Å². The summed E-state index contributed by atoms with van der Waals surface area (Å²) in [7, 11) is 0. The summed E-state index contributed by atoms with van der Waals surface area (Å²) in [5, 5.41) is 7.60. The van der Waals surface area contributed by atoms with Gasteiger partial charge >= 0.3 is 0 Å². The molecule has 0 unspecified atom stereocenters. The van der Waals surface area contributed by atoms with Crippen LogP contribution in [0, 0.1) is 6.92 Å². The molecule has 1 aromatic heterocycles. The summed E-state index contributed by atoms with van der Waals surface area (Å²) in [6.07, 6.45) is 5.03. The van der Waals surface area contributed by atoms with Crippen molar-refractivity contribution in [1.82, 2.24) is 10.6 Å². The molecule has 0 saturated heterocycles. The Morgan fingerprint density at radius 1 is 1.45 bits per heavy atom. The summed E-state index contributed by atoms with van der Waals surface area (Å²) in [6, 6.07) is 0. The molecule has 11 heavy (non-hydrogen) atoms. The van der Waals surface area contributed by atoms with Crippen LogP contribution in [0.3, 0.4) is 0 Å². The van der Waals surface area contributed by atoms with Crippen molar-refractivity contribution >= 4 is 5.71 Å². The van der Waals surface area contributed by atoms with E-state index < -0.39 is 0 Å². The zero-order valence-corrected chi connectivity index (χ0v) is 5.98. The molecule has 0 aromatic carbocycles. The molecule has 2 heterocycles. The van der Waals surface area contributed by atoms with Gasteiger partial charge in [0.2, 0.25) is 0 Å². The summed E-state index contributed by atoms with van der Waals surface area (Å²) in [5.74, 6) is 0. The Hall–Kier alpha value is -1.58. The first-order valence-corrected chi connectivity index (χ1v) is 3.23. The van der Waals surface area contributed by atoms with Gasteiger partial charge in [-0.15, -0.1) is 0 Å². The fourth-order valence-electron chi connectivity index (χ4n) is 0.915. The SMILES string of the molecule is Cc1nocc1C1=N[N]C=C1. The van der Waals surface area contributed by atoms with Crippen LogP contribution in [0.4, 0.5) is 0 Å². The Morgan fingerprint density at radius 3 is 2.91 bits per heavy atom. The molecule has 0 N–H and O–H groups in total. The van der Waals surface area contributed by atoms with Gasteiger partial charge in [0.25, 0.3) is 0 Å². The third-order valence-electron chi connectivity index (χ3n) is 1.49. The van der Waals surface area contributed by atoms with Crippen molar-refractivity contribution in [3.05, 3.63) is 29.8 Å². The molecule has 0 amide bonds. The highest BCUT2D eigenvalue weighted by atomic mass is 16.5. The van der Waals surface area contributed by atoms with Crippen LogP contribution in [0.2, 0.25) is 0 Å². The Bertz CT molecular complexity index is 324. The molecule has 2 rings (SSSR count). The van der Waals surface area contributed by atoms with E-state index in [0.717, 1.165) is 17.0 Å². The first kappa shape index (κ1) is 6.15. The monoisotopic (exact) mass is 148 g/mol. The number of allylic oxidation sites excluding steroid dienone is 1. The lowest BCUT2D eigenvalue weighted by Crippen LogP contribution is -1.94. The predicted molar refractivity (Wildman–Crippen MR) is 39.1 cm³/mol. The van der Waals surface area contributed by atoms with Crippen LogP contribution in [0.1, 0.15) is 11.3 Å². The van der Waals surface area contributed by atoms with Gasteiger partial charge in [0.15, 0.2) is 0 Å². The van der Waals surface area contributed by atoms with E-state index in [2.05, 4.69) is 15.7 Å². The van der Waals surface area contributed by atoms with Crippen LogP contribution in [0.25, 0.3) is 0 Å². The summed E-state index contributed by atoms with van der Waals surface area (Å²) in [5.41, 5.74) is 6.25. The van der Waals surface area contributed by atoms with Crippen molar-refractivity contribution in [2.24, 2.45) is 5.10 Å². The molecular weight excluding hydrogens is 142 g/mol. The first-order valence-electron chi connectivity index (χ1n) is 3.23. The fraction of sp³-hybridized carbons (Fsp3) is 0.143. The molecule has 0 fully saturated rings. The average molecular weight is 148 g/mol. The van der Waals surface area contributed by atoms with Crippen LogP contribution in [0.5, 0.6) is 0 Å². The lowest BCUT2D eigenvalue weighted by atomic mass is 10.2. The van der Waals surface area contributed by atoms with E-state index in [9.17, 15) is 0 Å². The van der Waals surface area contributed by atoms with Crippen LogP contribution in [0.15, 0.2) is 28.2 Å². The van der Waals surface area contributed by atoms with E-state index in [4.69, 9.17) is 4.52 Å². The van der Waals surface area contributed by atoms with Gasteiger partial charge in [0.05, 0.1) is 23.2 Å². The second kappa shape index (κ2) is 2.23. The van der Waals surface area contributed by atoms with Crippen LogP contribution in [-0.4, -0.2) is 10.9 Å². The fourth-order valence-corrected chi connectivity index (χ4v) is 0.915. The molecule has 0 bridgehead atoms.